The van der Waals surface area contributed by atoms with Gasteiger partial charge >= 0.3 is 6.18 Å². The average Bonchev–Trinajstić information content (AvgIpc) is 2.15. The van der Waals surface area contributed by atoms with Crippen LogP contribution in [0, 0.1) is 11.3 Å². The Hall–Kier alpha value is -1.54. The molecule has 1 unspecified atom stereocenters. The van der Waals surface area contributed by atoms with Gasteiger partial charge in [-0.2, -0.15) is 18.4 Å². The number of hydrogen-bond donors (Lipinski definition) is 1. The van der Waals surface area contributed by atoms with Crippen LogP contribution in [0.15, 0.2) is 24.3 Å². The van der Waals surface area contributed by atoms with Crippen molar-refractivity contribution in [1.82, 2.24) is 0 Å². The SMILES string of the molecule is N#CC(N)c1cccc(C(F)(F)F)c1. The van der Waals surface area contributed by atoms with Gasteiger partial charge in [-0.3, -0.25) is 0 Å². The highest BCUT2D eigenvalue weighted by Crippen LogP contribution is 2.30. The molecule has 0 saturated heterocycles. The molecule has 1 aromatic carbocycles. The van der Waals surface area contributed by atoms with Crippen LogP contribution in [-0.4, -0.2) is 0 Å². The van der Waals surface area contributed by atoms with Crippen molar-refractivity contribution in [2.24, 2.45) is 5.73 Å². The van der Waals surface area contributed by atoms with Crippen molar-refractivity contribution in [3.8, 4) is 6.07 Å². The van der Waals surface area contributed by atoms with Gasteiger partial charge in [0, 0.05) is 0 Å². The van der Waals surface area contributed by atoms with Gasteiger partial charge in [-0.25, -0.2) is 0 Å². The highest BCUT2D eigenvalue weighted by Gasteiger charge is 2.30. The molecule has 0 aromatic heterocycles. The molecule has 0 heterocycles. The minimum atomic E-state index is -4.40. The zero-order valence-electron chi connectivity index (χ0n) is 7.05. The third-order valence-corrected chi connectivity index (χ3v) is 1.71. The third-order valence-electron chi connectivity index (χ3n) is 1.71. The van der Waals surface area contributed by atoms with Gasteiger partial charge < -0.3 is 5.73 Å². The van der Waals surface area contributed by atoms with Gasteiger partial charge in [-0.1, -0.05) is 12.1 Å². The second-order valence-electron chi connectivity index (χ2n) is 2.73. The van der Waals surface area contributed by atoms with E-state index in [9.17, 15) is 13.2 Å². The standard InChI is InChI=1S/C9H7F3N2/c10-9(11,12)7-3-1-2-6(4-7)8(14)5-13/h1-4,8H,14H2. The van der Waals surface area contributed by atoms with Crippen molar-refractivity contribution >= 4 is 0 Å². The first-order valence-corrected chi connectivity index (χ1v) is 3.77. The summed E-state index contributed by atoms with van der Waals surface area (Å²) >= 11 is 0. The molecule has 1 aromatic rings. The lowest BCUT2D eigenvalue weighted by molar-refractivity contribution is -0.137. The topological polar surface area (TPSA) is 49.8 Å². The predicted molar refractivity (Wildman–Crippen MR) is 44.0 cm³/mol. The van der Waals surface area contributed by atoms with Crippen molar-refractivity contribution in [1.29, 1.82) is 5.26 Å². The lowest BCUT2D eigenvalue weighted by atomic mass is 10.1. The van der Waals surface area contributed by atoms with E-state index in [1.165, 1.54) is 12.1 Å². The van der Waals surface area contributed by atoms with Crippen LogP contribution in [0.4, 0.5) is 13.2 Å². The predicted octanol–water partition coefficient (Wildman–Crippen LogP) is 2.23. The fourth-order valence-corrected chi connectivity index (χ4v) is 0.983. The molecule has 1 rings (SSSR count). The molecule has 0 radical (unpaired) electrons. The molecule has 2 N–H and O–H groups in total. The molecule has 74 valence electrons. The van der Waals surface area contributed by atoms with Crippen molar-refractivity contribution in [3.63, 3.8) is 0 Å². The summed E-state index contributed by atoms with van der Waals surface area (Å²) in [6.07, 6.45) is -4.40. The van der Waals surface area contributed by atoms with Crippen LogP contribution in [0.25, 0.3) is 0 Å². The van der Waals surface area contributed by atoms with Crippen LogP contribution in [0.1, 0.15) is 17.2 Å². The Morgan fingerprint density at radius 1 is 1.36 bits per heavy atom. The third kappa shape index (κ3) is 2.24. The Kier molecular flexibility index (Phi) is 2.77. The summed E-state index contributed by atoms with van der Waals surface area (Å²) in [6, 6.07) is 5.10. The molecule has 0 aliphatic heterocycles. The van der Waals surface area contributed by atoms with Gasteiger partial charge in [0.25, 0.3) is 0 Å². The monoisotopic (exact) mass is 200 g/mol. The Balaban J connectivity index is 3.09. The average molecular weight is 200 g/mol. The molecule has 0 saturated carbocycles. The Bertz CT molecular complexity index is 365. The number of nitrogens with zero attached hydrogens (tertiary/aromatic N) is 1. The number of alkyl halides is 3. The zero-order chi connectivity index (χ0) is 10.8. The molecule has 5 heteroatoms. The summed E-state index contributed by atoms with van der Waals surface area (Å²) in [6.45, 7) is 0. The van der Waals surface area contributed by atoms with Gasteiger partial charge in [-0.15, -0.1) is 0 Å². The van der Waals surface area contributed by atoms with E-state index in [1.54, 1.807) is 6.07 Å². The number of halogens is 3. The second kappa shape index (κ2) is 3.68. The second-order valence-corrected chi connectivity index (χ2v) is 2.73. The lowest BCUT2D eigenvalue weighted by Crippen LogP contribution is -2.10. The smallest absolute Gasteiger partial charge is 0.312 e. The summed E-state index contributed by atoms with van der Waals surface area (Å²) in [7, 11) is 0. The molecule has 0 spiro atoms. The molecule has 0 amide bonds. The minimum absolute atomic E-state index is 0.169. The van der Waals surface area contributed by atoms with Crippen LogP contribution in [0.3, 0.4) is 0 Å². The molecule has 14 heavy (non-hydrogen) atoms. The highest BCUT2D eigenvalue weighted by atomic mass is 19.4. The lowest BCUT2D eigenvalue weighted by Gasteiger charge is -2.09. The van der Waals surface area contributed by atoms with E-state index in [0.717, 1.165) is 12.1 Å². The molecule has 0 aliphatic rings. The summed E-state index contributed by atoms with van der Waals surface area (Å²) in [4.78, 5) is 0. The van der Waals surface area contributed by atoms with Gasteiger partial charge in [-0.05, 0) is 17.7 Å². The van der Waals surface area contributed by atoms with Crippen molar-refractivity contribution in [2.45, 2.75) is 12.2 Å². The number of nitrogens with two attached hydrogens (primary N) is 1. The van der Waals surface area contributed by atoms with Gasteiger partial charge in [0.2, 0.25) is 0 Å². The zero-order valence-corrected chi connectivity index (χ0v) is 7.05. The van der Waals surface area contributed by atoms with Crippen LogP contribution in [0.5, 0.6) is 0 Å². The molecular formula is C9H7F3N2. The summed E-state index contributed by atoms with van der Waals surface area (Å²) < 4.78 is 36.6. The normalized spacial score (nSPS) is 13.4. The fraction of sp³-hybridized carbons (Fsp3) is 0.222. The van der Waals surface area contributed by atoms with Crippen LogP contribution in [0.2, 0.25) is 0 Å². The van der Waals surface area contributed by atoms with E-state index in [0.29, 0.717) is 0 Å². The maximum atomic E-state index is 12.2. The van der Waals surface area contributed by atoms with Crippen LogP contribution in [-0.2, 0) is 6.18 Å². The fourth-order valence-electron chi connectivity index (χ4n) is 0.983. The van der Waals surface area contributed by atoms with Crippen molar-refractivity contribution < 1.29 is 13.2 Å². The van der Waals surface area contributed by atoms with Gasteiger partial charge in [0.15, 0.2) is 0 Å². The van der Waals surface area contributed by atoms with E-state index in [1.807, 2.05) is 0 Å². The Morgan fingerprint density at radius 3 is 2.50 bits per heavy atom. The van der Waals surface area contributed by atoms with E-state index in [2.05, 4.69) is 0 Å². The van der Waals surface area contributed by atoms with Crippen LogP contribution >= 0.6 is 0 Å². The Morgan fingerprint density at radius 2 is 2.00 bits per heavy atom. The van der Waals surface area contributed by atoms with Crippen molar-refractivity contribution in [3.05, 3.63) is 35.4 Å². The molecule has 2 nitrogen and oxygen atoms in total. The minimum Gasteiger partial charge on any atom is -0.312 e. The maximum Gasteiger partial charge on any atom is 0.416 e. The maximum absolute atomic E-state index is 12.2. The number of nitriles is 1. The van der Waals surface area contributed by atoms with Crippen LogP contribution < -0.4 is 5.73 Å². The first-order chi connectivity index (χ1) is 6.45. The van der Waals surface area contributed by atoms with Crippen molar-refractivity contribution in [2.75, 3.05) is 0 Å². The number of rotatable bonds is 1. The quantitative estimate of drug-likeness (QED) is 0.755. The molecular weight excluding hydrogens is 193 g/mol. The van der Waals surface area contributed by atoms with Gasteiger partial charge in [0.05, 0.1) is 11.6 Å². The molecule has 1 atom stereocenters. The molecule has 0 fully saturated rings. The Labute approximate surface area is 78.8 Å². The number of hydrogen-bond acceptors (Lipinski definition) is 2. The first kappa shape index (κ1) is 10.5. The highest BCUT2D eigenvalue weighted by molar-refractivity contribution is 5.30. The summed E-state index contributed by atoms with van der Waals surface area (Å²) in [5.41, 5.74) is 4.66. The largest absolute Gasteiger partial charge is 0.416 e. The van der Waals surface area contributed by atoms with Gasteiger partial charge in [0.1, 0.15) is 6.04 Å². The van der Waals surface area contributed by atoms with E-state index < -0.39 is 17.8 Å². The molecule has 0 bridgehead atoms. The van der Waals surface area contributed by atoms with E-state index in [-0.39, 0.29) is 5.56 Å². The summed E-state index contributed by atoms with van der Waals surface area (Å²) in [5, 5.41) is 8.43. The first-order valence-electron chi connectivity index (χ1n) is 3.77. The van der Waals surface area contributed by atoms with E-state index in [4.69, 9.17) is 11.0 Å². The number of benzene rings is 1. The summed E-state index contributed by atoms with van der Waals surface area (Å²) in [5.74, 6) is 0. The van der Waals surface area contributed by atoms with E-state index >= 15 is 0 Å². The molecule has 0 aliphatic carbocycles.